The van der Waals surface area contributed by atoms with Gasteiger partial charge in [-0.1, -0.05) is 6.08 Å². The van der Waals surface area contributed by atoms with Crippen LogP contribution in [-0.2, 0) is 20.7 Å². The van der Waals surface area contributed by atoms with Gasteiger partial charge < -0.3 is 0 Å². The van der Waals surface area contributed by atoms with E-state index in [1.165, 1.54) is 16.2 Å². The highest BCUT2D eigenvalue weighted by atomic mass is 32.2. The van der Waals surface area contributed by atoms with E-state index in [0.29, 0.717) is 4.88 Å². The molecular weight excluding hydrogens is 260 g/mol. The van der Waals surface area contributed by atoms with Crippen LogP contribution in [0.5, 0.6) is 0 Å². The maximum atomic E-state index is 10.9. The van der Waals surface area contributed by atoms with Gasteiger partial charge in [0, 0.05) is 4.88 Å². The van der Waals surface area contributed by atoms with Gasteiger partial charge in [0.2, 0.25) is 0 Å². The summed E-state index contributed by atoms with van der Waals surface area (Å²) in [5.41, 5.74) is 1.95. The minimum absolute atomic E-state index is 0.102. The fraction of sp³-hybridized carbons (Fsp3) is 0.364. The van der Waals surface area contributed by atoms with Crippen LogP contribution in [0, 0.1) is 0 Å². The van der Waals surface area contributed by atoms with Crippen molar-refractivity contribution >= 4 is 33.8 Å². The van der Waals surface area contributed by atoms with E-state index in [1.54, 1.807) is 0 Å². The Bertz CT molecular complexity index is 566. The lowest BCUT2D eigenvalue weighted by Crippen LogP contribution is -2.08. The van der Waals surface area contributed by atoms with E-state index in [1.807, 2.05) is 12.1 Å². The van der Waals surface area contributed by atoms with Gasteiger partial charge in [-0.3, -0.25) is 8.98 Å². The average molecular weight is 272 g/mol. The predicted octanol–water partition coefficient (Wildman–Crippen LogP) is 1.87. The lowest BCUT2D eigenvalue weighted by Gasteiger charge is -2.12. The summed E-state index contributed by atoms with van der Waals surface area (Å²) in [5, 5.41) is 0. The van der Waals surface area contributed by atoms with E-state index in [2.05, 4.69) is 0 Å². The smallest absolute Gasteiger partial charge is 0.264 e. The number of carbonyl (C=O) groups excluding carboxylic acids is 1. The normalized spacial score (nSPS) is 15.2. The summed E-state index contributed by atoms with van der Waals surface area (Å²) < 4.78 is 26.5. The molecule has 0 amide bonds. The first-order valence-corrected chi connectivity index (χ1v) is 7.73. The molecule has 0 radical (unpaired) electrons. The quantitative estimate of drug-likeness (QED) is 0.620. The lowest BCUT2D eigenvalue weighted by atomic mass is 9.99. The summed E-state index contributed by atoms with van der Waals surface area (Å²) in [4.78, 5) is 12.5. The monoisotopic (exact) mass is 272 g/mol. The van der Waals surface area contributed by atoms with Crippen LogP contribution in [0.3, 0.4) is 0 Å². The summed E-state index contributed by atoms with van der Waals surface area (Å²) in [6.07, 6.45) is 5.40. The van der Waals surface area contributed by atoms with Crippen molar-refractivity contribution in [3.8, 4) is 0 Å². The molecule has 0 spiro atoms. The van der Waals surface area contributed by atoms with Crippen LogP contribution in [0.25, 0.3) is 6.08 Å². The summed E-state index contributed by atoms with van der Waals surface area (Å²) in [6.45, 7) is 0.102. The summed E-state index contributed by atoms with van der Waals surface area (Å²) in [5.74, 6) is 0. The zero-order valence-corrected chi connectivity index (χ0v) is 10.9. The van der Waals surface area contributed by atoms with Crippen LogP contribution in [-0.4, -0.2) is 27.6 Å². The molecule has 0 fully saturated rings. The zero-order valence-electron chi connectivity index (χ0n) is 9.30. The summed E-state index contributed by atoms with van der Waals surface area (Å²) in [7, 11) is -3.39. The van der Waals surface area contributed by atoms with Crippen LogP contribution in [0.2, 0.25) is 0 Å². The van der Waals surface area contributed by atoms with Crippen LogP contribution in [0.1, 0.15) is 26.5 Å². The van der Waals surface area contributed by atoms with Gasteiger partial charge in [0.25, 0.3) is 10.1 Å². The van der Waals surface area contributed by atoms with Gasteiger partial charge in [0.15, 0.2) is 6.29 Å². The molecule has 0 aliphatic heterocycles. The molecule has 1 aliphatic rings. The maximum absolute atomic E-state index is 10.9. The number of rotatable bonds is 4. The molecule has 1 heterocycles. The molecule has 0 N–H and O–H groups in total. The molecule has 0 saturated carbocycles. The largest absolute Gasteiger partial charge is 0.297 e. The van der Waals surface area contributed by atoms with Crippen molar-refractivity contribution in [2.75, 3.05) is 12.9 Å². The molecule has 0 saturated heterocycles. The highest BCUT2D eigenvalue weighted by Gasteiger charge is 2.15. The second kappa shape index (κ2) is 4.72. The molecule has 1 aromatic heterocycles. The van der Waals surface area contributed by atoms with Gasteiger partial charge in [-0.2, -0.15) is 8.42 Å². The number of fused-ring (bicyclic) bond motifs is 1. The van der Waals surface area contributed by atoms with Gasteiger partial charge in [0.05, 0.1) is 17.7 Å². The lowest BCUT2D eigenvalue weighted by molar-refractivity contribution is 0.112. The van der Waals surface area contributed by atoms with E-state index in [4.69, 9.17) is 4.18 Å². The maximum Gasteiger partial charge on any atom is 0.264 e. The molecule has 0 atom stereocenters. The molecule has 0 aromatic carbocycles. The van der Waals surface area contributed by atoms with E-state index >= 15 is 0 Å². The Labute approximate surface area is 104 Å². The van der Waals surface area contributed by atoms with Crippen molar-refractivity contribution < 1.29 is 17.4 Å². The molecule has 2 rings (SSSR count). The number of aryl methyl sites for hydroxylation is 1. The Morgan fingerprint density at radius 1 is 1.47 bits per heavy atom. The molecule has 6 heteroatoms. The first kappa shape index (κ1) is 12.5. The number of carbonyl (C=O) groups is 1. The number of hydrogen-bond donors (Lipinski definition) is 0. The minimum Gasteiger partial charge on any atom is -0.297 e. The molecule has 17 heavy (non-hydrogen) atoms. The van der Waals surface area contributed by atoms with E-state index in [0.717, 1.165) is 36.5 Å². The van der Waals surface area contributed by atoms with Gasteiger partial charge in [-0.05, 0) is 30.0 Å². The average Bonchev–Trinajstić information content (AvgIpc) is 2.67. The Balaban J connectivity index is 2.14. The van der Waals surface area contributed by atoms with E-state index in [9.17, 15) is 13.2 Å². The number of aldehydes is 1. The zero-order chi connectivity index (χ0) is 12.5. The predicted molar refractivity (Wildman–Crippen MR) is 66.8 cm³/mol. The van der Waals surface area contributed by atoms with Crippen molar-refractivity contribution in [2.45, 2.75) is 12.8 Å². The number of hydrogen-bond acceptors (Lipinski definition) is 5. The first-order valence-electron chi connectivity index (χ1n) is 5.09. The van der Waals surface area contributed by atoms with Crippen LogP contribution < -0.4 is 0 Å². The minimum atomic E-state index is -3.39. The SMILES string of the molecule is CS(=O)(=O)OCC1=Cc2cc(C=O)sc2CC1. The Morgan fingerprint density at radius 2 is 2.24 bits per heavy atom. The Hall–Kier alpha value is -0.980. The summed E-state index contributed by atoms with van der Waals surface area (Å²) >= 11 is 1.49. The Kier molecular flexibility index (Phi) is 3.46. The van der Waals surface area contributed by atoms with Crippen molar-refractivity contribution in [2.24, 2.45) is 0 Å². The topological polar surface area (TPSA) is 60.4 Å². The molecule has 1 aromatic rings. The molecule has 0 bridgehead atoms. The van der Waals surface area contributed by atoms with Gasteiger partial charge in [0.1, 0.15) is 0 Å². The molecular formula is C11H12O4S2. The van der Waals surface area contributed by atoms with Crippen LogP contribution in [0.4, 0.5) is 0 Å². The van der Waals surface area contributed by atoms with Gasteiger partial charge in [-0.15, -0.1) is 11.3 Å². The number of thiophene rings is 1. The Morgan fingerprint density at radius 3 is 2.88 bits per heavy atom. The molecule has 92 valence electrons. The van der Waals surface area contributed by atoms with Crippen LogP contribution >= 0.6 is 11.3 Å². The second-order valence-corrected chi connectivity index (χ2v) is 6.73. The van der Waals surface area contributed by atoms with Gasteiger partial charge >= 0.3 is 0 Å². The standard InChI is InChI=1S/C11H12O4S2/c1-17(13,14)15-7-8-2-3-11-9(4-8)5-10(6-12)16-11/h4-6H,2-3,7H2,1H3. The second-order valence-electron chi connectivity index (χ2n) is 3.91. The third kappa shape index (κ3) is 3.24. The third-order valence-corrected chi connectivity index (χ3v) is 4.15. The van der Waals surface area contributed by atoms with E-state index < -0.39 is 10.1 Å². The van der Waals surface area contributed by atoms with Crippen molar-refractivity contribution in [3.63, 3.8) is 0 Å². The first-order chi connectivity index (χ1) is 7.98. The third-order valence-electron chi connectivity index (χ3n) is 2.47. The van der Waals surface area contributed by atoms with Crippen LogP contribution in [0.15, 0.2) is 11.6 Å². The highest BCUT2D eigenvalue weighted by molar-refractivity contribution is 7.86. The van der Waals surface area contributed by atoms with Crippen molar-refractivity contribution in [3.05, 3.63) is 27.0 Å². The van der Waals surface area contributed by atoms with Crippen molar-refractivity contribution in [1.29, 1.82) is 0 Å². The molecule has 0 unspecified atom stereocenters. The van der Waals surface area contributed by atoms with Gasteiger partial charge in [-0.25, -0.2) is 0 Å². The fourth-order valence-corrected chi connectivity index (χ4v) is 3.03. The molecule has 4 nitrogen and oxygen atoms in total. The van der Waals surface area contributed by atoms with E-state index in [-0.39, 0.29) is 6.61 Å². The summed E-state index contributed by atoms with van der Waals surface area (Å²) in [6, 6.07) is 1.83. The molecule has 1 aliphatic carbocycles. The highest BCUT2D eigenvalue weighted by Crippen LogP contribution is 2.30. The fourth-order valence-electron chi connectivity index (χ4n) is 1.70. The van der Waals surface area contributed by atoms with Crippen molar-refractivity contribution in [1.82, 2.24) is 0 Å².